The fourth-order valence-electron chi connectivity index (χ4n) is 7.89. The number of fused-ring (bicyclic) bond motifs is 1. The van der Waals surface area contributed by atoms with Gasteiger partial charge < -0.3 is 5.11 Å². The fraction of sp³-hybridized carbons (Fsp3) is 0.236. The quantitative estimate of drug-likeness (QED) is 0.183. The van der Waals surface area contributed by atoms with E-state index in [2.05, 4.69) is 123 Å². The molecule has 0 spiro atoms. The highest BCUT2D eigenvalue weighted by Gasteiger charge is 2.29. The van der Waals surface area contributed by atoms with Gasteiger partial charge >= 0.3 is 0 Å². The summed E-state index contributed by atoms with van der Waals surface area (Å²) in [5, 5.41) is 12.4. The normalized spacial score (nSPS) is 13.3. The zero-order chi connectivity index (χ0) is 44.4. The van der Waals surface area contributed by atoms with Crippen LogP contribution in [0.4, 0.5) is 0 Å². The van der Waals surface area contributed by atoms with Crippen LogP contribution in [0.2, 0.25) is 0 Å². The Hall–Kier alpha value is -6.26. The van der Waals surface area contributed by atoms with Crippen LogP contribution in [0.1, 0.15) is 88.7 Å². The maximum Gasteiger partial charge on any atom is 0.149 e. The second kappa shape index (κ2) is 14.8. The Morgan fingerprint density at radius 1 is 0.525 bits per heavy atom. The lowest BCUT2D eigenvalue weighted by atomic mass is 9.79. The standard InChI is InChI=1S/C55H55N3O/c1-35-28-42(53(2,3)4)24-25-48(35)58-49-23-17-22-44(50(49)57-52(58)45-33-43(54(5,6)7)34-46(51(45)59)55(8,9)10)40-29-39(37-20-15-12-16-21-37)30-41(31-40)47-32-38(26-27-56-47)36-18-13-11-14-19-36/h11-34,59H,1-10H3/i1D3. The van der Waals surface area contributed by atoms with Crippen molar-refractivity contribution in [2.24, 2.45) is 0 Å². The first kappa shape index (κ1) is 35.9. The number of para-hydroxylation sites is 1. The molecule has 8 rings (SSSR count). The number of aromatic hydroxyl groups is 1. The smallest absolute Gasteiger partial charge is 0.149 e. The number of imidazole rings is 1. The number of rotatable bonds is 6. The average molecular weight is 777 g/mol. The number of aromatic nitrogens is 3. The maximum absolute atomic E-state index is 12.4. The lowest BCUT2D eigenvalue weighted by molar-refractivity contribution is 0.446. The van der Waals surface area contributed by atoms with Crippen molar-refractivity contribution in [3.05, 3.63) is 168 Å². The molecule has 0 atom stereocenters. The van der Waals surface area contributed by atoms with Crippen LogP contribution in [-0.4, -0.2) is 19.6 Å². The fourth-order valence-corrected chi connectivity index (χ4v) is 7.89. The highest BCUT2D eigenvalue weighted by atomic mass is 16.3. The van der Waals surface area contributed by atoms with Crippen molar-refractivity contribution < 1.29 is 9.22 Å². The number of nitrogens with zero attached hydrogens (tertiary/aromatic N) is 3. The summed E-state index contributed by atoms with van der Waals surface area (Å²) in [4.78, 5) is 10.4. The first-order valence-electron chi connectivity index (χ1n) is 22.0. The molecule has 0 fully saturated rings. The molecule has 59 heavy (non-hydrogen) atoms. The summed E-state index contributed by atoms with van der Waals surface area (Å²) in [5.41, 5.74) is 12.3. The van der Waals surface area contributed by atoms with Crippen LogP contribution in [0, 0.1) is 6.85 Å². The van der Waals surface area contributed by atoms with Gasteiger partial charge in [0.2, 0.25) is 0 Å². The zero-order valence-corrected chi connectivity index (χ0v) is 35.6. The van der Waals surface area contributed by atoms with Gasteiger partial charge in [-0.3, -0.25) is 9.55 Å². The van der Waals surface area contributed by atoms with E-state index in [1.807, 2.05) is 89.6 Å². The minimum atomic E-state index is -2.45. The van der Waals surface area contributed by atoms with E-state index in [9.17, 15) is 5.11 Å². The molecular formula is C55H55N3O. The molecule has 0 aliphatic rings. The van der Waals surface area contributed by atoms with Crippen LogP contribution in [0.15, 0.2) is 146 Å². The molecule has 4 nitrogen and oxygen atoms in total. The van der Waals surface area contributed by atoms with E-state index in [-0.39, 0.29) is 22.1 Å². The summed E-state index contributed by atoms with van der Waals surface area (Å²) in [7, 11) is 0. The molecule has 2 aromatic heterocycles. The Morgan fingerprint density at radius 2 is 1.17 bits per heavy atom. The molecule has 1 N–H and O–H groups in total. The number of pyridine rings is 1. The lowest BCUT2D eigenvalue weighted by Crippen LogP contribution is -2.17. The van der Waals surface area contributed by atoms with Gasteiger partial charge in [-0.05, 0) is 116 Å². The number of benzene rings is 6. The van der Waals surface area contributed by atoms with E-state index in [0.29, 0.717) is 22.6 Å². The molecule has 6 aromatic carbocycles. The predicted octanol–water partition coefficient (Wildman–Crippen LogP) is 14.7. The van der Waals surface area contributed by atoms with Crippen molar-refractivity contribution in [3.8, 4) is 67.5 Å². The van der Waals surface area contributed by atoms with Crippen LogP contribution >= 0.6 is 0 Å². The van der Waals surface area contributed by atoms with Gasteiger partial charge in [0, 0.05) is 27.0 Å². The minimum absolute atomic E-state index is 0.128. The molecule has 4 heteroatoms. The van der Waals surface area contributed by atoms with Crippen LogP contribution in [-0.2, 0) is 16.2 Å². The van der Waals surface area contributed by atoms with Crippen LogP contribution in [0.3, 0.4) is 0 Å². The van der Waals surface area contributed by atoms with Gasteiger partial charge in [0.15, 0.2) is 0 Å². The molecule has 0 amide bonds. The highest BCUT2D eigenvalue weighted by Crippen LogP contribution is 2.45. The average Bonchev–Trinajstić information content (AvgIpc) is 3.62. The Bertz CT molecular complexity index is 2940. The van der Waals surface area contributed by atoms with Gasteiger partial charge in [-0.25, -0.2) is 4.98 Å². The van der Waals surface area contributed by atoms with Crippen molar-refractivity contribution in [2.45, 2.75) is 85.4 Å². The molecule has 2 heterocycles. The predicted molar refractivity (Wildman–Crippen MR) is 249 cm³/mol. The molecule has 0 radical (unpaired) electrons. The second-order valence-electron chi connectivity index (χ2n) is 18.8. The molecule has 0 saturated heterocycles. The summed E-state index contributed by atoms with van der Waals surface area (Å²) < 4.78 is 28.6. The van der Waals surface area contributed by atoms with Crippen LogP contribution in [0.25, 0.3) is 72.7 Å². The highest BCUT2D eigenvalue weighted by molar-refractivity contribution is 5.98. The Balaban J connectivity index is 1.46. The zero-order valence-electron chi connectivity index (χ0n) is 38.6. The van der Waals surface area contributed by atoms with Crippen molar-refractivity contribution in [1.29, 1.82) is 0 Å². The number of hydrogen-bond donors (Lipinski definition) is 1. The summed E-state index contributed by atoms with van der Waals surface area (Å²) in [6.07, 6.45) is 1.86. The number of hydrogen-bond acceptors (Lipinski definition) is 3. The van der Waals surface area contributed by atoms with Gasteiger partial charge in [0.1, 0.15) is 11.6 Å². The molecule has 0 unspecified atom stereocenters. The maximum atomic E-state index is 12.4. The summed E-state index contributed by atoms with van der Waals surface area (Å²) in [6, 6.07) is 47.3. The van der Waals surface area contributed by atoms with Gasteiger partial charge in [-0.1, -0.05) is 153 Å². The first-order valence-corrected chi connectivity index (χ1v) is 20.5. The van der Waals surface area contributed by atoms with Gasteiger partial charge in [0.25, 0.3) is 0 Å². The van der Waals surface area contributed by atoms with E-state index in [4.69, 9.17) is 14.1 Å². The molecule has 8 aromatic rings. The van der Waals surface area contributed by atoms with E-state index in [1.54, 1.807) is 0 Å². The largest absolute Gasteiger partial charge is 0.507 e. The van der Waals surface area contributed by atoms with E-state index in [1.165, 1.54) is 0 Å². The number of phenolic OH excluding ortho intramolecular Hbond substituents is 1. The SMILES string of the molecule is [2H]C([2H])([2H])c1cc(C(C)(C)C)ccc1-n1c(-c2cc(C(C)(C)C)cc(C(C)(C)C)c2O)nc2c(-c3cc(-c4ccccc4)cc(-c4cc(-c5ccccc5)ccn4)c3)cccc21. The van der Waals surface area contributed by atoms with Crippen molar-refractivity contribution in [1.82, 2.24) is 14.5 Å². The first-order chi connectivity index (χ1) is 29.2. The van der Waals surface area contributed by atoms with Crippen LogP contribution in [0.5, 0.6) is 5.75 Å². The molecular weight excluding hydrogens is 719 g/mol. The third-order valence-corrected chi connectivity index (χ3v) is 11.3. The van der Waals surface area contributed by atoms with Gasteiger partial charge in [0.05, 0.1) is 28.0 Å². The summed E-state index contributed by atoms with van der Waals surface area (Å²) >= 11 is 0. The second-order valence-corrected chi connectivity index (χ2v) is 18.8. The number of aryl methyl sites for hydroxylation is 1. The van der Waals surface area contributed by atoms with E-state index >= 15 is 0 Å². The third kappa shape index (κ3) is 7.72. The topological polar surface area (TPSA) is 50.9 Å². The monoisotopic (exact) mass is 776 g/mol. The third-order valence-electron chi connectivity index (χ3n) is 11.3. The Labute approximate surface area is 354 Å². The van der Waals surface area contributed by atoms with Crippen molar-refractivity contribution >= 4 is 11.0 Å². The van der Waals surface area contributed by atoms with Crippen molar-refractivity contribution in [3.63, 3.8) is 0 Å². The molecule has 0 aliphatic carbocycles. The van der Waals surface area contributed by atoms with E-state index in [0.717, 1.165) is 66.8 Å². The molecule has 296 valence electrons. The summed E-state index contributed by atoms with van der Waals surface area (Å²) in [6.45, 7) is 16.6. The number of phenols is 1. The van der Waals surface area contributed by atoms with Gasteiger partial charge in [-0.15, -0.1) is 0 Å². The minimum Gasteiger partial charge on any atom is -0.507 e. The summed E-state index contributed by atoms with van der Waals surface area (Å²) in [5.74, 6) is 0.593. The Morgan fingerprint density at radius 3 is 1.81 bits per heavy atom. The molecule has 0 saturated carbocycles. The molecule has 0 bridgehead atoms. The Kier molecular flexibility index (Phi) is 9.02. The van der Waals surface area contributed by atoms with Crippen molar-refractivity contribution in [2.75, 3.05) is 0 Å². The van der Waals surface area contributed by atoms with Gasteiger partial charge in [-0.2, -0.15) is 0 Å². The molecule has 0 aliphatic heterocycles. The lowest BCUT2D eigenvalue weighted by Gasteiger charge is -2.27. The van der Waals surface area contributed by atoms with Crippen LogP contribution < -0.4 is 0 Å². The van der Waals surface area contributed by atoms with E-state index < -0.39 is 12.3 Å².